The normalized spacial score (nSPS) is 13.6. The first-order chi connectivity index (χ1) is 10.6. The van der Waals surface area contributed by atoms with Crippen LogP contribution < -0.4 is 4.74 Å². The Balaban J connectivity index is 2.10. The fraction of sp³-hybridized carbons (Fsp3) is 0.333. The van der Waals surface area contributed by atoms with Gasteiger partial charge in [-0.3, -0.25) is 0 Å². The third kappa shape index (κ3) is 4.20. The van der Waals surface area contributed by atoms with E-state index in [9.17, 15) is 13.9 Å². The number of rotatable bonds is 7. The van der Waals surface area contributed by atoms with Crippen LogP contribution >= 0.6 is 0 Å². The third-order valence-electron chi connectivity index (χ3n) is 3.42. The molecule has 0 saturated carbocycles. The van der Waals surface area contributed by atoms with Crippen molar-refractivity contribution in [3.8, 4) is 22.6 Å². The van der Waals surface area contributed by atoms with E-state index in [1.165, 1.54) is 0 Å². The van der Waals surface area contributed by atoms with Crippen LogP contribution in [0.3, 0.4) is 0 Å². The molecule has 4 heteroatoms. The van der Waals surface area contributed by atoms with E-state index in [-0.39, 0.29) is 18.8 Å². The number of ether oxygens (including phenoxy) is 1. The molecule has 2 atom stereocenters. The number of phenolic OH excluding ortho intramolecular Hbond substituents is 1. The van der Waals surface area contributed by atoms with Crippen LogP contribution in [0.4, 0.5) is 8.78 Å². The Labute approximate surface area is 129 Å². The van der Waals surface area contributed by atoms with Gasteiger partial charge in [0, 0.05) is 5.56 Å². The molecule has 0 bridgehead atoms. The Morgan fingerprint density at radius 1 is 1.00 bits per heavy atom. The quantitative estimate of drug-likeness (QED) is 0.787. The van der Waals surface area contributed by atoms with Crippen molar-refractivity contribution in [2.45, 2.75) is 32.1 Å². The first kappa shape index (κ1) is 16.3. The Kier molecular flexibility index (Phi) is 5.75. The summed E-state index contributed by atoms with van der Waals surface area (Å²) >= 11 is 0. The molecule has 1 N–H and O–H groups in total. The molecule has 2 rings (SSSR count). The molecule has 0 fully saturated rings. The maximum absolute atomic E-state index is 13.7. The fourth-order valence-corrected chi connectivity index (χ4v) is 2.20. The van der Waals surface area contributed by atoms with Crippen molar-refractivity contribution in [1.29, 1.82) is 0 Å². The summed E-state index contributed by atoms with van der Waals surface area (Å²) in [4.78, 5) is 0. The summed E-state index contributed by atoms with van der Waals surface area (Å²) in [5, 5.41) is 9.34. The van der Waals surface area contributed by atoms with Gasteiger partial charge in [-0.25, -0.2) is 8.78 Å². The van der Waals surface area contributed by atoms with Crippen molar-refractivity contribution in [2.24, 2.45) is 0 Å². The number of halogens is 2. The van der Waals surface area contributed by atoms with Gasteiger partial charge in [-0.2, -0.15) is 0 Å². The molecule has 0 aliphatic heterocycles. The minimum atomic E-state index is -1.63. The Hall–Kier alpha value is -2.10. The van der Waals surface area contributed by atoms with Gasteiger partial charge in [0.2, 0.25) is 0 Å². The second kappa shape index (κ2) is 7.78. The fourth-order valence-electron chi connectivity index (χ4n) is 2.20. The molecule has 2 aromatic carbocycles. The van der Waals surface area contributed by atoms with E-state index in [4.69, 9.17) is 4.74 Å². The van der Waals surface area contributed by atoms with E-state index in [1.54, 1.807) is 36.4 Å². The molecule has 0 aliphatic rings. The predicted octanol–water partition coefficient (Wildman–Crippen LogP) is 4.91. The standard InChI is InChI=1S/C18H20F2O2/c1-2-5-16(19)17(20)12-22-18-7-4-3-6-15(18)13-8-10-14(21)11-9-13/h3-4,6-11,16-17,21H,2,5,12H2,1H3/t16-,17-/m1/s1. The average Bonchev–Trinajstić information content (AvgIpc) is 2.54. The number of hydrogen-bond acceptors (Lipinski definition) is 2. The summed E-state index contributed by atoms with van der Waals surface area (Å²) < 4.78 is 32.7. The smallest absolute Gasteiger partial charge is 0.165 e. The van der Waals surface area contributed by atoms with Gasteiger partial charge in [-0.05, 0) is 30.2 Å². The molecule has 0 spiro atoms. The molecule has 2 aromatic rings. The van der Waals surface area contributed by atoms with Crippen LogP contribution in [0.2, 0.25) is 0 Å². The number of phenols is 1. The van der Waals surface area contributed by atoms with E-state index >= 15 is 0 Å². The minimum absolute atomic E-state index is 0.172. The maximum Gasteiger partial charge on any atom is 0.165 e. The molecule has 22 heavy (non-hydrogen) atoms. The molecule has 0 radical (unpaired) electrons. The highest BCUT2D eigenvalue weighted by Gasteiger charge is 2.20. The maximum atomic E-state index is 13.7. The molecule has 0 aromatic heterocycles. The van der Waals surface area contributed by atoms with Crippen molar-refractivity contribution in [3.05, 3.63) is 48.5 Å². The van der Waals surface area contributed by atoms with Gasteiger partial charge in [-0.1, -0.05) is 43.7 Å². The van der Waals surface area contributed by atoms with Crippen LogP contribution in [0.15, 0.2) is 48.5 Å². The van der Waals surface area contributed by atoms with Crippen LogP contribution in [0.25, 0.3) is 11.1 Å². The number of alkyl halides is 2. The van der Waals surface area contributed by atoms with Crippen LogP contribution in [0.5, 0.6) is 11.5 Å². The average molecular weight is 306 g/mol. The van der Waals surface area contributed by atoms with Crippen LogP contribution in [0.1, 0.15) is 19.8 Å². The van der Waals surface area contributed by atoms with E-state index in [2.05, 4.69) is 0 Å². The van der Waals surface area contributed by atoms with Gasteiger partial charge in [0.1, 0.15) is 24.3 Å². The lowest BCUT2D eigenvalue weighted by Crippen LogP contribution is -2.24. The molecule has 118 valence electrons. The Morgan fingerprint density at radius 3 is 2.36 bits per heavy atom. The van der Waals surface area contributed by atoms with Gasteiger partial charge in [0.25, 0.3) is 0 Å². The van der Waals surface area contributed by atoms with Crippen LogP contribution in [-0.2, 0) is 0 Å². The van der Waals surface area contributed by atoms with Gasteiger partial charge >= 0.3 is 0 Å². The van der Waals surface area contributed by atoms with E-state index < -0.39 is 12.3 Å². The number of para-hydroxylation sites is 1. The summed E-state index contributed by atoms with van der Waals surface area (Å²) in [6.07, 6.45) is -2.32. The molecule has 0 aliphatic carbocycles. The highest BCUT2D eigenvalue weighted by Crippen LogP contribution is 2.31. The van der Waals surface area contributed by atoms with Crippen molar-refractivity contribution in [3.63, 3.8) is 0 Å². The predicted molar refractivity (Wildman–Crippen MR) is 83.7 cm³/mol. The first-order valence-corrected chi connectivity index (χ1v) is 7.41. The summed E-state index contributed by atoms with van der Waals surface area (Å²) in [6, 6.07) is 13.8. The lowest BCUT2D eigenvalue weighted by atomic mass is 10.0. The van der Waals surface area contributed by atoms with Crippen LogP contribution in [-0.4, -0.2) is 24.1 Å². The largest absolute Gasteiger partial charge is 0.508 e. The highest BCUT2D eigenvalue weighted by atomic mass is 19.2. The van der Waals surface area contributed by atoms with E-state index in [1.807, 2.05) is 19.1 Å². The second-order valence-electron chi connectivity index (χ2n) is 5.17. The molecule has 0 amide bonds. The van der Waals surface area contributed by atoms with Crippen molar-refractivity contribution in [2.75, 3.05) is 6.61 Å². The number of hydrogen-bond donors (Lipinski definition) is 1. The summed E-state index contributed by atoms with van der Waals surface area (Å²) in [7, 11) is 0. The number of benzene rings is 2. The lowest BCUT2D eigenvalue weighted by Gasteiger charge is -2.16. The minimum Gasteiger partial charge on any atom is -0.508 e. The zero-order valence-corrected chi connectivity index (χ0v) is 12.5. The summed E-state index contributed by atoms with van der Waals surface area (Å²) in [5.74, 6) is 0.672. The first-order valence-electron chi connectivity index (χ1n) is 7.41. The van der Waals surface area contributed by atoms with Crippen molar-refractivity contribution in [1.82, 2.24) is 0 Å². The summed E-state index contributed by atoms with van der Waals surface area (Å²) in [5.41, 5.74) is 1.62. The molecule has 0 heterocycles. The van der Waals surface area contributed by atoms with Crippen LogP contribution in [0, 0.1) is 0 Å². The molecule has 0 saturated heterocycles. The Morgan fingerprint density at radius 2 is 1.68 bits per heavy atom. The monoisotopic (exact) mass is 306 g/mol. The number of aromatic hydroxyl groups is 1. The molecule has 2 nitrogen and oxygen atoms in total. The second-order valence-corrected chi connectivity index (χ2v) is 5.17. The Bertz CT molecular complexity index is 584. The van der Waals surface area contributed by atoms with Gasteiger partial charge < -0.3 is 9.84 Å². The summed E-state index contributed by atoms with van der Waals surface area (Å²) in [6.45, 7) is 1.51. The lowest BCUT2D eigenvalue weighted by molar-refractivity contribution is 0.103. The zero-order valence-electron chi connectivity index (χ0n) is 12.5. The zero-order chi connectivity index (χ0) is 15.9. The van der Waals surface area contributed by atoms with Crippen molar-refractivity contribution >= 4 is 0 Å². The van der Waals surface area contributed by atoms with Crippen molar-refractivity contribution < 1.29 is 18.6 Å². The molecular weight excluding hydrogens is 286 g/mol. The van der Waals surface area contributed by atoms with Gasteiger partial charge in [0.05, 0.1) is 0 Å². The topological polar surface area (TPSA) is 29.5 Å². The van der Waals surface area contributed by atoms with Gasteiger partial charge in [0.15, 0.2) is 6.17 Å². The third-order valence-corrected chi connectivity index (χ3v) is 3.42. The highest BCUT2D eigenvalue weighted by molar-refractivity contribution is 5.70. The van der Waals surface area contributed by atoms with E-state index in [0.29, 0.717) is 12.2 Å². The van der Waals surface area contributed by atoms with Gasteiger partial charge in [-0.15, -0.1) is 0 Å². The van der Waals surface area contributed by atoms with E-state index in [0.717, 1.165) is 11.1 Å². The molecule has 0 unspecified atom stereocenters. The SMILES string of the molecule is CCC[C@@H](F)[C@H](F)COc1ccccc1-c1ccc(O)cc1. The molecular formula is C18H20F2O2.